The Morgan fingerprint density at radius 1 is 1.10 bits per heavy atom. The lowest BCUT2D eigenvalue weighted by Crippen LogP contribution is -2.53. The molecule has 0 radical (unpaired) electrons. The molecule has 2 aliphatic heterocycles. The van der Waals surface area contributed by atoms with Gasteiger partial charge in [0.1, 0.15) is 16.7 Å². The van der Waals surface area contributed by atoms with Gasteiger partial charge in [-0.15, -0.1) is 4.40 Å². The van der Waals surface area contributed by atoms with Gasteiger partial charge in [0.2, 0.25) is 0 Å². The minimum Gasteiger partial charge on any atom is -0.457 e. The van der Waals surface area contributed by atoms with Crippen LogP contribution in [0.2, 0.25) is 0 Å². The van der Waals surface area contributed by atoms with Crippen LogP contribution >= 0.6 is 0 Å². The maximum absolute atomic E-state index is 14.4. The molecule has 2 aromatic rings. The molecule has 1 saturated heterocycles. The number of halogens is 1. The van der Waals surface area contributed by atoms with Crippen molar-refractivity contribution in [2.45, 2.75) is 75.2 Å². The van der Waals surface area contributed by atoms with Crippen molar-refractivity contribution >= 4 is 16.0 Å². The van der Waals surface area contributed by atoms with Crippen molar-refractivity contribution in [1.82, 2.24) is 10.2 Å². The maximum atomic E-state index is 14.4. The minimum atomic E-state index is -3.93. The van der Waals surface area contributed by atoms with E-state index in [0.717, 1.165) is 24.6 Å². The molecule has 2 atom stereocenters. The molecule has 2 aromatic carbocycles. The number of rotatable bonds is 9. The number of nitrogens with one attached hydrogen (secondary N) is 1. The normalized spacial score (nSPS) is 24.0. The summed E-state index contributed by atoms with van der Waals surface area (Å²) in [4.78, 5) is 2.60. The van der Waals surface area contributed by atoms with Crippen LogP contribution in [-0.4, -0.2) is 61.5 Å². The Labute approximate surface area is 231 Å². The average Bonchev–Trinajstić information content (AvgIpc) is 3.71. The van der Waals surface area contributed by atoms with Crippen LogP contribution in [0.1, 0.15) is 74.6 Å². The molecular formula is C30H40FN3O4S. The summed E-state index contributed by atoms with van der Waals surface area (Å²) in [5.41, 5.74) is 1.48. The summed E-state index contributed by atoms with van der Waals surface area (Å²) in [7, 11) is -3.93. The Bertz CT molecular complexity index is 1270. The van der Waals surface area contributed by atoms with Crippen LogP contribution in [-0.2, 0) is 21.2 Å². The quantitative estimate of drug-likeness (QED) is 0.471. The zero-order valence-electron chi connectivity index (χ0n) is 22.9. The molecule has 1 saturated carbocycles. The third-order valence-electron chi connectivity index (χ3n) is 8.37. The molecule has 1 unspecified atom stereocenters. The predicted octanol–water partition coefficient (Wildman–Crippen LogP) is 4.53. The van der Waals surface area contributed by atoms with Gasteiger partial charge in [0.05, 0.1) is 6.04 Å². The fourth-order valence-electron chi connectivity index (χ4n) is 5.87. The first-order valence-electron chi connectivity index (χ1n) is 14.1. The molecule has 2 fully saturated rings. The van der Waals surface area contributed by atoms with Gasteiger partial charge >= 0.3 is 6.02 Å². The number of piperidine rings is 1. The van der Waals surface area contributed by atoms with Crippen molar-refractivity contribution in [1.29, 1.82) is 0 Å². The zero-order valence-corrected chi connectivity index (χ0v) is 23.7. The van der Waals surface area contributed by atoms with Crippen molar-refractivity contribution in [3.8, 4) is 0 Å². The van der Waals surface area contributed by atoms with Gasteiger partial charge in [-0.3, -0.25) is 0 Å². The lowest BCUT2D eigenvalue weighted by atomic mass is 9.88. The van der Waals surface area contributed by atoms with Gasteiger partial charge in [0.15, 0.2) is 0 Å². The van der Waals surface area contributed by atoms with Crippen LogP contribution in [0.4, 0.5) is 4.39 Å². The molecule has 2 heterocycles. The molecule has 5 rings (SSSR count). The lowest BCUT2D eigenvalue weighted by Gasteiger charge is -2.38. The van der Waals surface area contributed by atoms with E-state index in [-0.39, 0.29) is 25.5 Å². The largest absolute Gasteiger partial charge is 0.457 e. The smallest absolute Gasteiger partial charge is 0.301 e. The summed E-state index contributed by atoms with van der Waals surface area (Å²) >= 11 is 0. The fraction of sp³-hybridized carbons (Fsp3) is 0.567. The highest BCUT2D eigenvalue weighted by Crippen LogP contribution is 2.35. The first kappa shape index (κ1) is 28.1. The highest BCUT2D eigenvalue weighted by Gasteiger charge is 2.46. The van der Waals surface area contributed by atoms with Crippen molar-refractivity contribution in [3.63, 3.8) is 0 Å². The van der Waals surface area contributed by atoms with Gasteiger partial charge in [0, 0.05) is 18.7 Å². The number of likely N-dealkylation sites (tertiary alicyclic amines) is 1. The van der Waals surface area contributed by atoms with Crippen LogP contribution in [0.15, 0.2) is 52.9 Å². The fourth-order valence-corrected chi connectivity index (χ4v) is 7.49. The van der Waals surface area contributed by atoms with E-state index in [2.05, 4.69) is 26.7 Å². The van der Waals surface area contributed by atoms with Gasteiger partial charge < -0.3 is 20.1 Å². The molecule has 1 aliphatic carbocycles. The Kier molecular flexibility index (Phi) is 8.31. The molecule has 3 aliphatic rings. The second-order valence-electron chi connectivity index (χ2n) is 11.8. The van der Waals surface area contributed by atoms with E-state index in [4.69, 9.17) is 4.74 Å². The molecule has 0 amide bonds. The molecule has 2 N–H and O–H groups in total. The topological polar surface area (TPSA) is 91.2 Å². The Morgan fingerprint density at radius 3 is 2.41 bits per heavy atom. The predicted molar refractivity (Wildman–Crippen MR) is 151 cm³/mol. The summed E-state index contributed by atoms with van der Waals surface area (Å²) in [5.74, 6) is 1.02. The zero-order chi connectivity index (χ0) is 27.6. The van der Waals surface area contributed by atoms with E-state index in [9.17, 15) is 17.9 Å². The van der Waals surface area contributed by atoms with Crippen LogP contribution in [0.25, 0.3) is 0 Å². The van der Waals surface area contributed by atoms with E-state index in [1.807, 2.05) is 12.1 Å². The molecule has 0 aromatic heterocycles. The first-order valence-corrected chi connectivity index (χ1v) is 15.6. The molecule has 0 bridgehead atoms. The third kappa shape index (κ3) is 6.81. The minimum absolute atomic E-state index is 0.166. The number of aliphatic hydroxyl groups excluding tert-OH is 1. The van der Waals surface area contributed by atoms with Crippen molar-refractivity contribution in [3.05, 3.63) is 71.0 Å². The van der Waals surface area contributed by atoms with Crippen molar-refractivity contribution in [2.75, 3.05) is 26.2 Å². The summed E-state index contributed by atoms with van der Waals surface area (Å²) in [5, 5.41) is 11.6. The molecule has 0 spiro atoms. The second kappa shape index (κ2) is 11.6. The van der Waals surface area contributed by atoms with Crippen LogP contribution < -0.4 is 5.32 Å². The third-order valence-corrected chi connectivity index (χ3v) is 10.2. The summed E-state index contributed by atoms with van der Waals surface area (Å²) in [6, 6.07) is 13.7. The number of nitrogens with zero attached hydrogens (tertiary/aromatic N) is 2. The van der Waals surface area contributed by atoms with Crippen LogP contribution in [0, 0.1) is 11.7 Å². The second-order valence-corrected chi connectivity index (χ2v) is 13.6. The number of aliphatic hydroxyl groups is 1. The number of benzene rings is 2. The first-order chi connectivity index (χ1) is 18.6. The van der Waals surface area contributed by atoms with Crippen LogP contribution in [0.3, 0.4) is 0 Å². The van der Waals surface area contributed by atoms with E-state index < -0.39 is 32.7 Å². The number of ether oxygens (including phenoxy) is 1. The Balaban J connectivity index is 1.25. The van der Waals surface area contributed by atoms with E-state index in [0.29, 0.717) is 11.5 Å². The summed E-state index contributed by atoms with van der Waals surface area (Å²) in [6.07, 6.45) is 5.55. The molecule has 7 nitrogen and oxygen atoms in total. The van der Waals surface area contributed by atoms with E-state index in [1.54, 1.807) is 32.0 Å². The molecule has 212 valence electrons. The van der Waals surface area contributed by atoms with Gasteiger partial charge in [-0.25, -0.2) is 12.8 Å². The number of amidine groups is 1. The number of hydrogen-bond donors (Lipinski definition) is 2. The highest BCUT2D eigenvalue weighted by atomic mass is 32.2. The van der Waals surface area contributed by atoms with Gasteiger partial charge in [0.25, 0.3) is 10.0 Å². The van der Waals surface area contributed by atoms with E-state index >= 15 is 0 Å². The van der Waals surface area contributed by atoms with Gasteiger partial charge in [-0.2, -0.15) is 0 Å². The molecule has 9 heteroatoms. The van der Waals surface area contributed by atoms with Gasteiger partial charge in [-0.1, -0.05) is 42.5 Å². The number of sulfonamides is 1. The van der Waals surface area contributed by atoms with E-state index in [1.165, 1.54) is 43.9 Å². The monoisotopic (exact) mass is 557 g/mol. The lowest BCUT2D eigenvalue weighted by molar-refractivity contribution is 0.0760. The summed E-state index contributed by atoms with van der Waals surface area (Å²) in [6.45, 7) is 6.81. The summed E-state index contributed by atoms with van der Waals surface area (Å²) < 4.78 is 51.1. The number of hydrogen-bond acceptors (Lipinski definition) is 6. The SMILES string of the molecule is CC1(C)OC(N[C@@H](CCO)c2ccccc2F)=NS(=O)(=O)C1Cc1ccc(C2CCN(CC3CC3)CC2)cc1. The standard InChI is InChI=1S/C30H40FN3O4S/c1-30(2)28(19-21-9-11-23(12-10-21)24-13-16-34(17-14-24)20-22-7-8-22)39(36,37)33-29(38-30)32-27(15-18-35)25-5-3-4-6-26(25)31/h3-6,9-12,22,24,27-28,35H,7-8,13-20H2,1-2H3,(H,32,33)/t27-,28?/m0/s1. The van der Waals surface area contributed by atoms with Crippen molar-refractivity contribution < 1.29 is 22.7 Å². The highest BCUT2D eigenvalue weighted by molar-refractivity contribution is 7.91. The average molecular weight is 558 g/mol. The maximum Gasteiger partial charge on any atom is 0.301 e. The van der Waals surface area contributed by atoms with Crippen molar-refractivity contribution in [2.24, 2.45) is 10.3 Å². The molecular weight excluding hydrogens is 517 g/mol. The van der Waals surface area contributed by atoms with Crippen LogP contribution in [0.5, 0.6) is 0 Å². The van der Waals surface area contributed by atoms with Gasteiger partial charge in [-0.05, 0) is 94.5 Å². The Morgan fingerprint density at radius 2 is 1.79 bits per heavy atom. The molecule has 39 heavy (non-hydrogen) atoms. The Hall–Kier alpha value is -2.49.